The Balaban J connectivity index is 2.85. The molecule has 0 saturated heterocycles. The van der Waals surface area contributed by atoms with Gasteiger partial charge in [-0.15, -0.1) is 0 Å². The van der Waals surface area contributed by atoms with E-state index in [1.807, 2.05) is 0 Å². The van der Waals surface area contributed by atoms with Gasteiger partial charge in [0.05, 0.1) is 12.3 Å². The molecule has 5 nitrogen and oxygen atoms in total. The number of hydrogen-bond acceptors (Lipinski definition) is 4. The third kappa shape index (κ3) is 5.14. The second-order valence-electron chi connectivity index (χ2n) is 4.84. The van der Waals surface area contributed by atoms with Gasteiger partial charge in [-0.25, -0.2) is 9.48 Å². The Hall–Kier alpha value is -1.39. The fourth-order valence-corrected chi connectivity index (χ4v) is 3.16. The summed E-state index contributed by atoms with van der Waals surface area (Å²) in [4.78, 5) is 11.6. The lowest BCUT2D eigenvalue weighted by Crippen LogP contribution is -2.36. The maximum Gasteiger partial charge on any atom is 0.323 e. The summed E-state index contributed by atoms with van der Waals surface area (Å²) in [6.07, 6.45) is 0. The molecule has 0 heterocycles. The fourth-order valence-electron chi connectivity index (χ4n) is 1.52. The van der Waals surface area contributed by atoms with Gasteiger partial charge in [0, 0.05) is 0 Å². The van der Waals surface area contributed by atoms with Gasteiger partial charge < -0.3 is 9.26 Å². The smallest absolute Gasteiger partial charge is 0.323 e. The minimum absolute atomic E-state index is 0.246. The lowest BCUT2D eigenvalue weighted by molar-refractivity contribution is -0.144. The molecular weight excluding hydrogens is 296 g/mol. The Kier molecular flexibility index (Phi) is 6.37. The Labute approximate surface area is 124 Å². The standard InChI is InChI=1S/C14H21FNO4P/c1-5-19-14(17)11(4)16-21(18,10(2)3)20-13-8-6-12(15)7-9-13/h6-11H,5H2,1-4H3,(H,16,18)/t11-,21-/m0/s1. The Morgan fingerprint density at radius 3 is 2.33 bits per heavy atom. The molecule has 7 heteroatoms. The molecule has 0 amide bonds. The van der Waals surface area contributed by atoms with Gasteiger partial charge in [0.25, 0.3) is 0 Å². The molecule has 0 bridgehead atoms. The lowest BCUT2D eigenvalue weighted by atomic mass is 10.3. The quantitative estimate of drug-likeness (QED) is 0.617. The highest BCUT2D eigenvalue weighted by atomic mass is 31.2. The number of carbonyl (C=O) groups is 1. The van der Waals surface area contributed by atoms with Crippen molar-refractivity contribution < 1.29 is 23.0 Å². The van der Waals surface area contributed by atoms with Crippen LogP contribution in [-0.2, 0) is 14.1 Å². The lowest BCUT2D eigenvalue weighted by Gasteiger charge is -2.26. The van der Waals surface area contributed by atoms with Crippen LogP contribution in [-0.4, -0.2) is 24.3 Å². The zero-order chi connectivity index (χ0) is 16.0. The zero-order valence-electron chi connectivity index (χ0n) is 12.6. The highest BCUT2D eigenvalue weighted by Crippen LogP contribution is 2.48. The minimum Gasteiger partial charge on any atom is -0.465 e. The molecule has 0 fully saturated rings. The van der Waals surface area contributed by atoms with E-state index >= 15 is 0 Å². The fraction of sp³-hybridized carbons (Fsp3) is 0.500. The third-order valence-corrected chi connectivity index (χ3v) is 5.34. The van der Waals surface area contributed by atoms with Crippen LogP contribution >= 0.6 is 7.52 Å². The van der Waals surface area contributed by atoms with Crippen LogP contribution in [0, 0.1) is 5.82 Å². The molecule has 0 radical (unpaired) electrons. The van der Waals surface area contributed by atoms with E-state index in [0.29, 0.717) is 0 Å². The second kappa shape index (κ2) is 7.57. The molecule has 0 unspecified atom stereocenters. The van der Waals surface area contributed by atoms with Crippen LogP contribution in [0.1, 0.15) is 27.7 Å². The molecule has 1 N–H and O–H groups in total. The van der Waals surface area contributed by atoms with E-state index in [9.17, 15) is 13.8 Å². The van der Waals surface area contributed by atoms with Crippen molar-refractivity contribution in [3.63, 3.8) is 0 Å². The van der Waals surface area contributed by atoms with E-state index in [1.165, 1.54) is 24.3 Å². The van der Waals surface area contributed by atoms with Crippen LogP contribution in [0.5, 0.6) is 5.75 Å². The van der Waals surface area contributed by atoms with E-state index in [1.54, 1.807) is 27.7 Å². The van der Waals surface area contributed by atoms with Crippen molar-refractivity contribution in [2.75, 3.05) is 6.61 Å². The summed E-state index contributed by atoms with van der Waals surface area (Å²) in [6.45, 7) is 6.93. The van der Waals surface area contributed by atoms with Gasteiger partial charge in [-0.05, 0) is 38.1 Å². The highest BCUT2D eigenvalue weighted by Gasteiger charge is 2.33. The number of esters is 1. The average Bonchev–Trinajstić information content (AvgIpc) is 2.41. The van der Waals surface area contributed by atoms with Crippen LogP contribution in [0.2, 0.25) is 0 Å². The summed E-state index contributed by atoms with van der Waals surface area (Å²) < 4.78 is 36.1. The summed E-state index contributed by atoms with van der Waals surface area (Å²) in [5.41, 5.74) is -0.362. The number of ether oxygens (including phenoxy) is 1. The zero-order valence-corrected chi connectivity index (χ0v) is 13.5. The molecule has 0 aliphatic carbocycles. The van der Waals surface area contributed by atoms with E-state index in [0.717, 1.165) is 0 Å². The normalized spacial score (nSPS) is 15.3. The van der Waals surface area contributed by atoms with Gasteiger partial charge in [-0.3, -0.25) is 9.36 Å². The van der Waals surface area contributed by atoms with E-state index < -0.39 is 25.3 Å². The van der Waals surface area contributed by atoms with Gasteiger partial charge in [0.2, 0.25) is 0 Å². The van der Waals surface area contributed by atoms with Crippen molar-refractivity contribution in [3.05, 3.63) is 30.1 Å². The predicted octanol–water partition coefficient (Wildman–Crippen LogP) is 3.35. The van der Waals surface area contributed by atoms with E-state index in [4.69, 9.17) is 9.26 Å². The summed E-state index contributed by atoms with van der Waals surface area (Å²) in [5.74, 6) is -0.632. The molecule has 0 aliphatic heterocycles. The van der Waals surface area contributed by atoms with Crippen molar-refractivity contribution in [2.45, 2.75) is 39.4 Å². The number of carbonyl (C=O) groups excluding carboxylic acids is 1. The van der Waals surface area contributed by atoms with Crippen molar-refractivity contribution in [3.8, 4) is 5.75 Å². The maximum absolute atomic E-state index is 12.9. The van der Waals surface area contributed by atoms with Crippen LogP contribution < -0.4 is 9.61 Å². The topological polar surface area (TPSA) is 64.6 Å². The second-order valence-corrected chi connectivity index (χ2v) is 7.51. The van der Waals surface area contributed by atoms with Gasteiger partial charge in [-0.2, -0.15) is 0 Å². The molecule has 21 heavy (non-hydrogen) atoms. The number of halogens is 1. The maximum atomic E-state index is 12.9. The van der Waals surface area contributed by atoms with Gasteiger partial charge in [-0.1, -0.05) is 13.8 Å². The predicted molar refractivity (Wildman–Crippen MR) is 79.0 cm³/mol. The van der Waals surface area contributed by atoms with Gasteiger partial charge >= 0.3 is 13.5 Å². The summed E-state index contributed by atoms with van der Waals surface area (Å²) >= 11 is 0. The summed E-state index contributed by atoms with van der Waals surface area (Å²) in [7, 11) is -3.34. The van der Waals surface area contributed by atoms with Gasteiger partial charge in [0.15, 0.2) is 0 Å². The minimum atomic E-state index is -3.34. The molecule has 0 saturated carbocycles. The monoisotopic (exact) mass is 317 g/mol. The molecule has 118 valence electrons. The Morgan fingerprint density at radius 2 is 1.86 bits per heavy atom. The van der Waals surface area contributed by atoms with Crippen LogP contribution in [0.15, 0.2) is 24.3 Å². The molecule has 1 aromatic carbocycles. The SMILES string of the molecule is CCOC(=O)[C@H](C)N[P@@](=O)(Oc1ccc(F)cc1)C(C)C. The largest absolute Gasteiger partial charge is 0.465 e. The summed E-state index contributed by atoms with van der Waals surface area (Å²) in [5, 5.41) is 2.71. The number of benzene rings is 1. The molecule has 0 aromatic heterocycles. The molecular formula is C14H21FNO4P. The molecule has 0 spiro atoms. The van der Waals surface area contributed by atoms with Crippen molar-refractivity contribution in [2.24, 2.45) is 0 Å². The number of rotatable bonds is 7. The average molecular weight is 317 g/mol. The van der Waals surface area contributed by atoms with E-state index in [-0.39, 0.29) is 18.0 Å². The number of nitrogens with one attached hydrogen (secondary N) is 1. The highest BCUT2D eigenvalue weighted by molar-refractivity contribution is 7.58. The van der Waals surface area contributed by atoms with Crippen LogP contribution in [0.25, 0.3) is 0 Å². The Morgan fingerprint density at radius 1 is 1.29 bits per heavy atom. The van der Waals surface area contributed by atoms with Crippen molar-refractivity contribution in [1.29, 1.82) is 0 Å². The van der Waals surface area contributed by atoms with Gasteiger partial charge in [0.1, 0.15) is 17.6 Å². The van der Waals surface area contributed by atoms with Crippen molar-refractivity contribution >= 4 is 13.5 Å². The number of hydrogen-bond donors (Lipinski definition) is 1. The van der Waals surface area contributed by atoms with Crippen LogP contribution in [0.3, 0.4) is 0 Å². The molecule has 1 rings (SSSR count). The van der Waals surface area contributed by atoms with Crippen LogP contribution in [0.4, 0.5) is 4.39 Å². The first-order valence-corrected chi connectivity index (χ1v) is 8.47. The Bertz CT molecular complexity index is 518. The molecule has 0 aliphatic rings. The van der Waals surface area contributed by atoms with Crippen molar-refractivity contribution in [1.82, 2.24) is 5.09 Å². The first kappa shape index (κ1) is 17.7. The molecule has 2 atom stereocenters. The first-order valence-electron chi connectivity index (χ1n) is 6.77. The molecule has 1 aromatic rings. The van der Waals surface area contributed by atoms with E-state index in [2.05, 4.69) is 5.09 Å². The summed E-state index contributed by atoms with van der Waals surface area (Å²) in [6, 6.07) is 4.45. The third-order valence-electron chi connectivity index (χ3n) is 2.75. The first-order chi connectivity index (χ1) is 9.78.